The van der Waals surface area contributed by atoms with Crippen LogP contribution in [0, 0.1) is 0 Å². The number of hydrogen-bond donors (Lipinski definition) is 2. The second-order valence-corrected chi connectivity index (χ2v) is 5.28. The van der Waals surface area contributed by atoms with E-state index in [0.717, 1.165) is 11.3 Å². The number of hydrogen-bond acceptors (Lipinski definition) is 4. The van der Waals surface area contributed by atoms with Crippen molar-refractivity contribution in [1.29, 1.82) is 0 Å². The fourth-order valence-electron chi connectivity index (χ4n) is 2.39. The fourth-order valence-corrected chi connectivity index (χ4v) is 2.39. The van der Waals surface area contributed by atoms with Crippen LogP contribution >= 0.6 is 0 Å². The van der Waals surface area contributed by atoms with Crippen molar-refractivity contribution >= 4 is 17.7 Å². The summed E-state index contributed by atoms with van der Waals surface area (Å²) in [4.78, 5) is 25.9. The number of carbonyl (C=O) groups excluding carboxylic acids is 2. The third-order valence-electron chi connectivity index (χ3n) is 3.51. The number of urea groups is 1. The molecule has 0 bridgehead atoms. The first-order valence-electron chi connectivity index (χ1n) is 7.16. The Bertz CT molecular complexity index is 606. The van der Waals surface area contributed by atoms with Crippen LogP contribution in [0.5, 0.6) is 0 Å². The van der Waals surface area contributed by atoms with Gasteiger partial charge in [0.1, 0.15) is 0 Å². The van der Waals surface area contributed by atoms with Crippen LogP contribution in [0.2, 0.25) is 0 Å². The normalized spacial score (nSPS) is 17.6. The molecule has 2 rings (SSSR count). The van der Waals surface area contributed by atoms with E-state index in [-0.39, 0.29) is 12.6 Å². The molecule has 2 N–H and O–H groups in total. The predicted octanol–water partition coefficient (Wildman–Crippen LogP) is 1.94. The quantitative estimate of drug-likeness (QED) is 0.834. The van der Waals surface area contributed by atoms with E-state index in [1.54, 1.807) is 13.8 Å². The van der Waals surface area contributed by atoms with Crippen LogP contribution in [-0.2, 0) is 9.53 Å². The topological polar surface area (TPSA) is 70.7 Å². The number of allylic oxidation sites excluding steroid dienone is 1. The van der Waals surface area contributed by atoms with Crippen LogP contribution in [-0.4, -0.2) is 32.7 Å². The van der Waals surface area contributed by atoms with Gasteiger partial charge in [-0.2, -0.15) is 0 Å². The Morgan fingerprint density at radius 2 is 1.91 bits per heavy atom. The smallest absolute Gasteiger partial charge is 0.338 e. The third-order valence-corrected chi connectivity index (χ3v) is 3.51. The molecule has 1 aromatic rings. The van der Waals surface area contributed by atoms with Gasteiger partial charge in [0.25, 0.3) is 0 Å². The van der Waals surface area contributed by atoms with Gasteiger partial charge in [-0.25, -0.2) is 9.59 Å². The average molecular weight is 303 g/mol. The molecule has 1 aromatic carbocycles. The molecular weight excluding hydrogens is 282 g/mol. The van der Waals surface area contributed by atoms with Crippen molar-refractivity contribution in [3.8, 4) is 0 Å². The molecule has 1 atom stereocenters. The summed E-state index contributed by atoms with van der Waals surface area (Å²) in [5.41, 5.74) is 2.83. The van der Waals surface area contributed by atoms with Crippen LogP contribution in [0.25, 0.3) is 0 Å². The second kappa shape index (κ2) is 6.51. The Kier molecular flexibility index (Phi) is 4.70. The van der Waals surface area contributed by atoms with Crippen molar-refractivity contribution in [1.82, 2.24) is 10.6 Å². The van der Waals surface area contributed by atoms with Gasteiger partial charge in [-0.15, -0.1) is 0 Å². The van der Waals surface area contributed by atoms with Crippen molar-refractivity contribution in [2.75, 3.05) is 25.6 Å². The second-order valence-electron chi connectivity index (χ2n) is 5.28. The summed E-state index contributed by atoms with van der Waals surface area (Å²) in [6.45, 7) is 3.74. The predicted molar refractivity (Wildman–Crippen MR) is 84.5 cm³/mol. The average Bonchev–Trinajstić information content (AvgIpc) is 2.46. The van der Waals surface area contributed by atoms with Crippen LogP contribution in [0.4, 0.5) is 10.5 Å². The lowest BCUT2D eigenvalue weighted by Crippen LogP contribution is -2.45. The molecule has 2 amide bonds. The standard InChI is InChI=1S/C16H21N3O3/c1-5-22-15(20)13-10(2)17-16(21)18-14(13)11-6-8-12(9-7-11)19(3)4/h6-9,14H,5H2,1-4H3,(H2,17,18,21)/t14-/m1/s1. The molecule has 0 spiro atoms. The fraction of sp³-hybridized carbons (Fsp3) is 0.375. The summed E-state index contributed by atoms with van der Waals surface area (Å²) < 4.78 is 5.10. The molecule has 0 aromatic heterocycles. The molecule has 0 fully saturated rings. The van der Waals surface area contributed by atoms with Crippen molar-refractivity contribution in [2.45, 2.75) is 19.9 Å². The first kappa shape index (κ1) is 15.9. The van der Waals surface area contributed by atoms with Crippen molar-refractivity contribution in [2.24, 2.45) is 0 Å². The lowest BCUT2D eigenvalue weighted by Gasteiger charge is -2.28. The maximum absolute atomic E-state index is 12.2. The van der Waals surface area contributed by atoms with Crippen LogP contribution in [0.1, 0.15) is 25.5 Å². The molecule has 118 valence electrons. The lowest BCUT2D eigenvalue weighted by molar-refractivity contribution is -0.139. The number of rotatable bonds is 4. The molecule has 0 unspecified atom stereocenters. The number of benzene rings is 1. The van der Waals surface area contributed by atoms with E-state index in [1.807, 2.05) is 43.3 Å². The number of anilines is 1. The van der Waals surface area contributed by atoms with Gasteiger partial charge in [-0.3, -0.25) is 0 Å². The van der Waals surface area contributed by atoms with Crippen LogP contribution < -0.4 is 15.5 Å². The summed E-state index contributed by atoms with van der Waals surface area (Å²) in [5.74, 6) is -0.422. The molecule has 22 heavy (non-hydrogen) atoms. The van der Waals surface area contributed by atoms with Crippen molar-refractivity contribution in [3.05, 3.63) is 41.1 Å². The van der Waals surface area contributed by atoms with E-state index in [0.29, 0.717) is 11.3 Å². The SMILES string of the molecule is CCOC(=O)C1=C(C)NC(=O)N[C@@H]1c1ccc(N(C)C)cc1. The van der Waals surface area contributed by atoms with Gasteiger partial charge in [-0.1, -0.05) is 12.1 Å². The first-order chi connectivity index (χ1) is 10.4. The molecule has 0 aliphatic carbocycles. The van der Waals surface area contributed by atoms with Gasteiger partial charge in [0, 0.05) is 25.5 Å². The van der Waals surface area contributed by atoms with Gasteiger partial charge in [0.2, 0.25) is 0 Å². The minimum atomic E-state index is -0.510. The highest BCUT2D eigenvalue weighted by atomic mass is 16.5. The van der Waals surface area contributed by atoms with Gasteiger partial charge in [0.15, 0.2) is 0 Å². The first-order valence-corrected chi connectivity index (χ1v) is 7.16. The molecule has 6 heteroatoms. The van der Waals surface area contributed by atoms with Crippen LogP contribution in [0.3, 0.4) is 0 Å². The van der Waals surface area contributed by atoms with E-state index in [4.69, 9.17) is 4.74 Å². The molecule has 1 aliphatic heterocycles. The maximum Gasteiger partial charge on any atom is 0.338 e. The Hall–Kier alpha value is -2.50. The Balaban J connectivity index is 2.38. The van der Waals surface area contributed by atoms with Crippen LogP contribution in [0.15, 0.2) is 35.5 Å². The summed E-state index contributed by atoms with van der Waals surface area (Å²) in [7, 11) is 3.91. The minimum Gasteiger partial charge on any atom is -0.463 e. The highest BCUT2D eigenvalue weighted by Gasteiger charge is 2.31. The summed E-state index contributed by atoms with van der Waals surface area (Å²) in [6.07, 6.45) is 0. The van der Waals surface area contributed by atoms with Gasteiger partial charge in [0.05, 0.1) is 18.2 Å². The number of amides is 2. The Labute approximate surface area is 130 Å². The minimum absolute atomic E-state index is 0.288. The highest BCUT2D eigenvalue weighted by Crippen LogP contribution is 2.28. The summed E-state index contributed by atoms with van der Waals surface area (Å²) >= 11 is 0. The molecule has 0 saturated carbocycles. The molecule has 0 radical (unpaired) electrons. The summed E-state index contributed by atoms with van der Waals surface area (Å²) in [5, 5.41) is 5.40. The molecule has 0 saturated heterocycles. The molecule has 6 nitrogen and oxygen atoms in total. The Morgan fingerprint density at radius 1 is 1.27 bits per heavy atom. The number of nitrogens with one attached hydrogen (secondary N) is 2. The van der Waals surface area contributed by atoms with Gasteiger partial charge in [-0.05, 0) is 31.5 Å². The highest BCUT2D eigenvalue weighted by molar-refractivity contribution is 5.95. The van der Waals surface area contributed by atoms with Crippen molar-refractivity contribution < 1.29 is 14.3 Å². The van der Waals surface area contributed by atoms with Gasteiger partial charge < -0.3 is 20.3 Å². The van der Waals surface area contributed by atoms with E-state index in [9.17, 15) is 9.59 Å². The van der Waals surface area contributed by atoms with Crippen molar-refractivity contribution in [3.63, 3.8) is 0 Å². The summed E-state index contributed by atoms with van der Waals surface area (Å²) in [6, 6.07) is 6.86. The monoisotopic (exact) mass is 303 g/mol. The van der Waals surface area contributed by atoms with E-state index >= 15 is 0 Å². The largest absolute Gasteiger partial charge is 0.463 e. The number of esters is 1. The Morgan fingerprint density at radius 3 is 2.45 bits per heavy atom. The lowest BCUT2D eigenvalue weighted by atomic mass is 9.95. The van der Waals surface area contributed by atoms with E-state index in [1.165, 1.54) is 0 Å². The zero-order valence-electron chi connectivity index (χ0n) is 13.3. The number of carbonyl (C=O) groups is 2. The van der Waals surface area contributed by atoms with E-state index in [2.05, 4.69) is 10.6 Å². The number of nitrogens with zero attached hydrogens (tertiary/aromatic N) is 1. The van der Waals surface area contributed by atoms with Gasteiger partial charge >= 0.3 is 12.0 Å². The zero-order chi connectivity index (χ0) is 16.3. The molecular formula is C16H21N3O3. The number of ether oxygens (including phenoxy) is 1. The van der Waals surface area contributed by atoms with E-state index < -0.39 is 12.0 Å². The third kappa shape index (κ3) is 3.21. The zero-order valence-corrected chi connectivity index (χ0v) is 13.3. The molecule has 1 heterocycles. The maximum atomic E-state index is 12.2. The molecule has 1 aliphatic rings.